The number of pyridine rings is 2. The van der Waals surface area contributed by atoms with Crippen molar-refractivity contribution in [3.63, 3.8) is 0 Å². The maximum Gasteiger partial charge on any atom is 0.243 e. The monoisotopic (exact) mass is 288 g/mol. The predicted molar refractivity (Wildman–Crippen MR) is 72.1 cm³/mol. The van der Waals surface area contributed by atoms with Gasteiger partial charge in [0.05, 0.1) is 0 Å². The molecule has 2 heterocycles. The first kappa shape index (κ1) is 14.1. The number of hydrogen-bond acceptors (Lipinski definition) is 5. The molecule has 0 aliphatic carbocycles. The number of nitrogens with one attached hydrogen (secondary N) is 1. The van der Waals surface area contributed by atoms with Gasteiger partial charge in [-0.05, 0) is 24.3 Å². The van der Waals surface area contributed by atoms with Crippen LogP contribution >= 0.6 is 0 Å². The lowest BCUT2D eigenvalue weighted by Gasteiger charge is -2.07. The molecule has 0 radical (unpaired) electrons. The van der Waals surface area contributed by atoms with E-state index in [0.29, 0.717) is 6.42 Å². The average Bonchev–Trinajstić information content (AvgIpc) is 2.48. The van der Waals surface area contributed by atoms with Gasteiger partial charge >= 0.3 is 0 Å². The summed E-state index contributed by atoms with van der Waals surface area (Å²) >= 11 is 0. The van der Waals surface area contributed by atoms with Crippen LogP contribution in [-0.2, 0) is 16.4 Å². The lowest BCUT2D eigenvalue weighted by Crippen LogP contribution is -2.27. The van der Waals surface area contributed by atoms with Gasteiger partial charge in [-0.3, -0.25) is 4.98 Å². The zero-order valence-electron chi connectivity index (χ0n) is 10.5. The number of nitriles is 1. The van der Waals surface area contributed by atoms with Crippen LogP contribution in [0.4, 0.5) is 0 Å². The van der Waals surface area contributed by atoms with Crippen LogP contribution in [0.15, 0.2) is 47.6 Å². The number of rotatable bonds is 5. The zero-order chi connectivity index (χ0) is 14.4. The molecule has 2 rings (SSSR count). The van der Waals surface area contributed by atoms with E-state index < -0.39 is 10.0 Å². The third-order valence-corrected chi connectivity index (χ3v) is 4.06. The second kappa shape index (κ2) is 6.23. The average molecular weight is 288 g/mol. The Morgan fingerprint density at radius 2 is 1.95 bits per heavy atom. The highest BCUT2D eigenvalue weighted by atomic mass is 32.2. The minimum absolute atomic E-state index is 0.108. The van der Waals surface area contributed by atoms with E-state index in [-0.39, 0.29) is 17.1 Å². The summed E-state index contributed by atoms with van der Waals surface area (Å²) in [5, 5.41) is 8.87. The Balaban J connectivity index is 2.07. The Labute approximate surface area is 117 Å². The summed E-state index contributed by atoms with van der Waals surface area (Å²) in [6, 6.07) is 10.1. The Morgan fingerprint density at radius 3 is 2.65 bits per heavy atom. The molecule has 0 aromatic carbocycles. The third kappa shape index (κ3) is 3.38. The molecule has 0 saturated carbocycles. The lowest BCUT2D eigenvalue weighted by atomic mass is 10.3. The molecule has 1 N–H and O–H groups in total. The minimum Gasteiger partial charge on any atom is -0.261 e. The predicted octanol–water partition coefficient (Wildman–Crippen LogP) is 0.869. The van der Waals surface area contributed by atoms with E-state index in [2.05, 4.69) is 14.7 Å². The Hall–Kier alpha value is -2.30. The van der Waals surface area contributed by atoms with Gasteiger partial charge in [-0.1, -0.05) is 6.07 Å². The van der Waals surface area contributed by atoms with Gasteiger partial charge in [0.25, 0.3) is 0 Å². The van der Waals surface area contributed by atoms with Crippen LogP contribution < -0.4 is 4.72 Å². The molecule has 20 heavy (non-hydrogen) atoms. The molecule has 0 amide bonds. The van der Waals surface area contributed by atoms with Gasteiger partial charge in [-0.2, -0.15) is 5.26 Å². The standard InChI is InChI=1S/C13H12N4O2S/c14-10-12-13(5-3-8-16-12)20(18,19)17-9-6-11-4-1-2-7-15-11/h1-5,7-8,17H,6,9H2. The molecule has 0 spiro atoms. The van der Waals surface area contributed by atoms with Crippen molar-refractivity contribution in [1.29, 1.82) is 5.26 Å². The van der Waals surface area contributed by atoms with Crippen LogP contribution in [0.25, 0.3) is 0 Å². The van der Waals surface area contributed by atoms with Gasteiger partial charge in [0.15, 0.2) is 5.69 Å². The maximum atomic E-state index is 12.1. The number of aromatic nitrogens is 2. The molecule has 6 nitrogen and oxygen atoms in total. The first-order valence-electron chi connectivity index (χ1n) is 5.88. The van der Waals surface area contributed by atoms with Gasteiger partial charge in [0.1, 0.15) is 11.0 Å². The van der Waals surface area contributed by atoms with Gasteiger partial charge in [0.2, 0.25) is 10.0 Å². The van der Waals surface area contributed by atoms with Gasteiger partial charge < -0.3 is 0 Å². The maximum absolute atomic E-state index is 12.1. The van der Waals surface area contributed by atoms with Crippen molar-refractivity contribution in [1.82, 2.24) is 14.7 Å². The Kier molecular flexibility index (Phi) is 4.40. The van der Waals surface area contributed by atoms with E-state index >= 15 is 0 Å². The molecule has 0 fully saturated rings. The first-order chi connectivity index (χ1) is 9.63. The summed E-state index contributed by atoms with van der Waals surface area (Å²) in [4.78, 5) is 7.73. The minimum atomic E-state index is -3.74. The second-order valence-electron chi connectivity index (χ2n) is 3.93. The van der Waals surface area contributed by atoms with Crippen molar-refractivity contribution < 1.29 is 8.42 Å². The summed E-state index contributed by atoms with van der Waals surface area (Å²) in [6.07, 6.45) is 3.51. The van der Waals surface area contributed by atoms with Crippen LogP contribution in [-0.4, -0.2) is 24.9 Å². The highest BCUT2D eigenvalue weighted by Gasteiger charge is 2.18. The number of hydrogen-bond donors (Lipinski definition) is 1. The fraction of sp³-hybridized carbons (Fsp3) is 0.154. The molecule has 0 aliphatic rings. The molecule has 0 aliphatic heterocycles. The Bertz CT molecular complexity index is 724. The van der Waals surface area contributed by atoms with Crippen LogP contribution in [0.1, 0.15) is 11.4 Å². The lowest BCUT2D eigenvalue weighted by molar-refractivity contribution is 0.580. The van der Waals surface area contributed by atoms with Crippen LogP contribution in [0.5, 0.6) is 0 Å². The molecule has 7 heteroatoms. The van der Waals surface area contributed by atoms with Crippen molar-refractivity contribution in [2.24, 2.45) is 0 Å². The van der Waals surface area contributed by atoms with Gasteiger partial charge in [-0.25, -0.2) is 18.1 Å². The summed E-state index contributed by atoms with van der Waals surface area (Å²) < 4.78 is 26.6. The molecule has 2 aromatic heterocycles. The van der Waals surface area contributed by atoms with Crippen molar-refractivity contribution in [3.8, 4) is 6.07 Å². The molecule has 0 unspecified atom stereocenters. The van der Waals surface area contributed by atoms with E-state index in [4.69, 9.17) is 5.26 Å². The van der Waals surface area contributed by atoms with Crippen LogP contribution in [0.3, 0.4) is 0 Å². The zero-order valence-corrected chi connectivity index (χ0v) is 11.3. The first-order valence-corrected chi connectivity index (χ1v) is 7.36. The van der Waals surface area contributed by atoms with Crippen LogP contribution in [0.2, 0.25) is 0 Å². The summed E-state index contributed by atoms with van der Waals surface area (Å²) in [7, 11) is -3.74. The largest absolute Gasteiger partial charge is 0.261 e. The van der Waals surface area contributed by atoms with Crippen molar-refractivity contribution in [2.75, 3.05) is 6.54 Å². The van der Waals surface area contributed by atoms with E-state index in [1.54, 1.807) is 18.3 Å². The number of sulfonamides is 1. The van der Waals surface area contributed by atoms with Crippen molar-refractivity contribution in [3.05, 3.63) is 54.1 Å². The van der Waals surface area contributed by atoms with E-state index in [9.17, 15) is 8.42 Å². The molecule has 102 valence electrons. The van der Waals surface area contributed by atoms with Gasteiger partial charge in [0, 0.05) is 31.1 Å². The highest BCUT2D eigenvalue weighted by Crippen LogP contribution is 2.11. The van der Waals surface area contributed by atoms with Crippen molar-refractivity contribution >= 4 is 10.0 Å². The van der Waals surface area contributed by atoms with E-state index in [0.717, 1.165) is 5.69 Å². The second-order valence-corrected chi connectivity index (χ2v) is 5.67. The summed E-state index contributed by atoms with van der Waals surface area (Å²) in [5.74, 6) is 0. The van der Waals surface area contributed by atoms with Crippen LogP contribution in [0, 0.1) is 11.3 Å². The highest BCUT2D eigenvalue weighted by molar-refractivity contribution is 7.89. The molecular weight excluding hydrogens is 276 g/mol. The molecule has 0 bridgehead atoms. The third-order valence-electron chi connectivity index (χ3n) is 2.57. The molecule has 0 atom stereocenters. The molecular formula is C13H12N4O2S. The number of nitrogens with zero attached hydrogens (tertiary/aromatic N) is 3. The summed E-state index contributed by atoms with van der Waals surface area (Å²) in [6.45, 7) is 0.207. The molecule has 0 saturated heterocycles. The van der Waals surface area contributed by atoms with E-state index in [1.165, 1.54) is 18.3 Å². The summed E-state index contributed by atoms with van der Waals surface area (Å²) in [5.41, 5.74) is 0.680. The fourth-order valence-electron chi connectivity index (χ4n) is 1.63. The van der Waals surface area contributed by atoms with E-state index in [1.807, 2.05) is 12.1 Å². The quantitative estimate of drug-likeness (QED) is 0.880. The normalized spacial score (nSPS) is 10.9. The smallest absolute Gasteiger partial charge is 0.243 e. The fourth-order valence-corrected chi connectivity index (χ4v) is 2.77. The topological polar surface area (TPSA) is 95.7 Å². The van der Waals surface area contributed by atoms with Gasteiger partial charge in [-0.15, -0.1) is 0 Å². The Morgan fingerprint density at radius 1 is 1.15 bits per heavy atom. The molecule has 2 aromatic rings. The van der Waals surface area contributed by atoms with Crippen molar-refractivity contribution in [2.45, 2.75) is 11.3 Å². The SMILES string of the molecule is N#Cc1ncccc1S(=O)(=O)NCCc1ccccn1.